The Labute approximate surface area is 208 Å². The van der Waals surface area contributed by atoms with Crippen LogP contribution in [0.5, 0.6) is 11.5 Å². The molecule has 0 amide bonds. The first-order valence-electron chi connectivity index (χ1n) is 11.1. The first-order valence-corrected chi connectivity index (χ1v) is 13.4. The number of benzene rings is 2. The van der Waals surface area contributed by atoms with Crippen LogP contribution in [0.4, 0.5) is 10.8 Å². The number of aromatic nitrogens is 1. The molecule has 1 aliphatic heterocycles. The lowest BCUT2D eigenvalue weighted by atomic mass is 9.91. The molecule has 1 saturated heterocycles. The quantitative estimate of drug-likeness (QED) is 0.435. The minimum Gasteiger partial charge on any atom is -0.497 e. The van der Waals surface area contributed by atoms with Gasteiger partial charge in [-0.3, -0.25) is 4.72 Å². The molecule has 0 aliphatic carbocycles. The summed E-state index contributed by atoms with van der Waals surface area (Å²) in [7, 11) is -0.986. The molecule has 1 aliphatic rings. The molecule has 0 radical (unpaired) electrons. The summed E-state index contributed by atoms with van der Waals surface area (Å²) >= 11 is 1.29. The third kappa shape index (κ3) is 5.85. The normalized spacial score (nSPS) is 16.1. The second kappa shape index (κ2) is 10.5. The zero-order valence-corrected chi connectivity index (χ0v) is 21.1. The van der Waals surface area contributed by atoms with E-state index in [1.54, 1.807) is 7.11 Å². The molecule has 0 bridgehead atoms. The molecule has 35 heavy (non-hydrogen) atoms. The number of aromatic carboxylic acids is 1. The highest BCUT2D eigenvalue weighted by atomic mass is 32.2. The lowest BCUT2D eigenvalue weighted by Crippen LogP contribution is -2.36. The average molecular weight is 518 g/mol. The van der Waals surface area contributed by atoms with E-state index < -0.39 is 16.0 Å². The van der Waals surface area contributed by atoms with Crippen LogP contribution in [0.1, 0.15) is 28.8 Å². The highest BCUT2D eigenvalue weighted by Crippen LogP contribution is 2.32. The number of hydrogen-bond acceptors (Lipinski definition) is 8. The molecule has 4 rings (SSSR count). The van der Waals surface area contributed by atoms with Gasteiger partial charge in [0, 0.05) is 18.5 Å². The number of thiazole rings is 1. The van der Waals surface area contributed by atoms with Crippen molar-refractivity contribution < 1.29 is 27.8 Å². The molecular weight excluding hydrogens is 490 g/mol. The molecular formula is C24H27N3O6S2. The van der Waals surface area contributed by atoms with Gasteiger partial charge in [-0.2, -0.15) is 8.42 Å². The number of carboxylic acid groups (broad SMARTS) is 1. The Bertz CT molecular complexity index is 1290. The number of anilines is 2. The highest BCUT2D eigenvalue weighted by Gasteiger charge is 2.26. The highest BCUT2D eigenvalue weighted by molar-refractivity contribution is 7.92. The van der Waals surface area contributed by atoms with Crippen LogP contribution in [0.3, 0.4) is 0 Å². The number of carboxylic acids is 1. The molecule has 9 nitrogen and oxygen atoms in total. The smallest absolute Gasteiger partial charge is 0.335 e. The molecule has 3 aromatic rings. The monoisotopic (exact) mass is 517 g/mol. The van der Waals surface area contributed by atoms with Crippen LogP contribution in [0.2, 0.25) is 0 Å². The van der Waals surface area contributed by atoms with Crippen molar-refractivity contribution in [1.82, 2.24) is 4.98 Å². The number of piperidine rings is 1. The van der Waals surface area contributed by atoms with Gasteiger partial charge in [0.15, 0.2) is 10.2 Å². The van der Waals surface area contributed by atoms with Crippen molar-refractivity contribution in [3.63, 3.8) is 0 Å². The third-order valence-corrected chi connectivity index (χ3v) is 8.21. The number of methoxy groups -OCH3 is 2. The molecule has 2 heterocycles. The van der Waals surface area contributed by atoms with E-state index in [-0.39, 0.29) is 22.0 Å². The van der Waals surface area contributed by atoms with Gasteiger partial charge < -0.3 is 19.5 Å². The van der Waals surface area contributed by atoms with Gasteiger partial charge in [-0.15, -0.1) is 11.3 Å². The van der Waals surface area contributed by atoms with Crippen molar-refractivity contribution in [2.45, 2.75) is 24.3 Å². The van der Waals surface area contributed by atoms with E-state index in [2.05, 4.69) is 26.7 Å². The molecule has 0 saturated carbocycles. The molecule has 11 heteroatoms. The van der Waals surface area contributed by atoms with E-state index in [0.717, 1.165) is 38.1 Å². The van der Waals surface area contributed by atoms with Crippen molar-refractivity contribution in [1.29, 1.82) is 0 Å². The number of hydrogen-bond donors (Lipinski definition) is 2. The molecule has 2 aromatic carbocycles. The van der Waals surface area contributed by atoms with E-state index in [9.17, 15) is 13.2 Å². The summed E-state index contributed by atoms with van der Waals surface area (Å²) in [6, 6.07) is 12.0. The molecule has 1 unspecified atom stereocenters. The van der Waals surface area contributed by atoms with E-state index in [1.807, 2.05) is 12.1 Å². The van der Waals surface area contributed by atoms with Crippen LogP contribution in [0, 0.1) is 5.92 Å². The van der Waals surface area contributed by atoms with Gasteiger partial charge in [-0.05, 0) is 61.1 Å². The number of nitrogens with zero attached hydrogens (tertiary/aromatic N) is 2. The minimum absolute atomic E-state index is 0.00460. The Kier molecular flexibility index (Phi) is 7.46. The second-order valence-corrected chi connectivity index (χ2v) is 10.8. The van der Waals surface area contributed by atoms with E-state index in [1.165, 1.54) is 47.6 Å². The van der Waals surface area contributed by atoms with Gasteiger partial charge in [-0.25, -0.2) is 9.78 Å². The van der Waals surface area contributed by atoms with Gasteiger partial charge in [0.2, 0.25) is 0 Å². The Morgan fingerprint density at radius 1 is 1.20 bits per heavy atom. The van der Waals surface area contributed by atoms with Crippen LogP contribution in [0.25, 0.3) is 0 Å². The number of ether oxygens (including phenoxy) is 2. The number of carbonyl (C=O) groups is 1. The van der Waals surface area contributed by atoms with Crippen LogP contribution in [-0.2, 0) is 16.4 Å². The Hall–Kier alpha value is -3.31. The first-order chi connectivity index (χ1) is 16.8. The lowest BCUT2D eigenvalue weighted by molar-refractivity contribution is 0.0696. The van der Waals surface area contributed by atoms with Crippen molar-refractivity contribution in [2.75, 3.05) is 36.9 Å². The summed E-state index contributed by atoms with van der Waals surface area (Å²) in [5.74, 6) is 0.255. The second-order valence-electron chi connectivity index (χ2n) is 8.30. The van der Waals surface area contributed by atoms with Crippen molar-refractivity contribution in [2.24, 2.45) is 5.92 Å². The SMILES string of the molecule is COc1ccc(CC2CCCN(c3nc(S(=O)(=O)Nc4ccc(C(=O)O)cc4OC)cs3)C2)cc1. The standard InChI is InChI=1S/C24H27N3O6S2/c1-32-19-8-5-16(6-9-19)12-17-4-3-11-27(14-17)24-25-22(15-34-24)35(30,31)26-20-10-7-18(23(28)29)13-21(20)33-2/h5-10,13,15,17,26H,3-4,11-12,14H2,1-2H3,(H,28,29). The summed E-state index contributed by atoms with van der Waals surface area (Å²) in [6.07, 6.45) is 3.05. The van der Waals surface area contributed by atoms with Crippen LogP contribution < -0.4 is 19.1 Å². The van der Waals surface area contributed by atoms with Crippen molar-refractivity contribution >= 4 is 38.1 Å². The van der Waals surface area contributed by atoms with Gasteiger partial charge in [0.25, 0.3) is 10.0 Å². The summed E-state index contributed by atoms with van der Waals surface area (Å²) in [6.45, 7) is 1.63. The summed E-state index contributed by atoms with van der Waals surface area (Å²) < 4.78 is 38.8. The Morgan fingerprint density at radius 3 is 2.66 bits per heavy atom. The predicted octanol–water partition coefficient (Wildman–Crippen LogP) is 4.12. The number of rotatable bonds is 9. The fourth-order valence-corrected chi connectivity index (χ4v) is 6.33. The molecule has 1 fully saturated rings. The fourth-order valence-electron chi connectivity index (χ4n) is 4.12. The molecule has 1 aromatic heterocycles. The number of nitrogens with one attached hydrogen (secondary N) is 1. The summed E-state index contributed by atoms with van der Waals surface area (Å²) in [5, 5.41) is 11.2. The maximum absolute atomic E-state index is 13.0. The van der Waals surface area contributed by atoms with E-state index in [4.69, 9.17) is 14.6 Å². The van der Waals surface area contributed by atoms with Gasteiger partial charge in [0.1, 0.15) is 11.5 Å². The predicted molar refractivity (Wildman–Crippen MR) is 135 cm³/mol. The topological polar surface area (TPSA) is 118 Å². The van der Waals surface area contributed by atoms with Gasteiger partial charge in [-0.1, -0.05) is 12.1 Å². The summed E-state index contributed by atoms with van der Waals surface area (Å²) in [4.78, 5) is 17.7. The van der Waals surface area contributed by atoms with E-state index in [0.29, 0.717) is 11.0 Å². The van der Waals surface area contributed by atoms with E-state index >= 15 is 0 Å². The number of sulfonamides is 1. The summed E-state index contributed by atoms with van der Waals surface area (Å²) in [5.41, 5.74) is 1.38. The Morgan fingerprint density at radius 2 is 1.97 bits per heavy atom. The molecule has 1 atom stereocenters. The average Bonchev–Trinajstić information content (AvgIpc) is 3.36. The molecule has 2 N–H and O–H groups in total. The van der Waals surface area contributed by atoms with Crippen LogP contribution >= 0.6 is 11.3 Å². The fraction of sp³-hybridized carbons (Fsp3) is 0.333. The largest absolute Gasteiger partial charge is 0.497 e. The molecule has 186 valence electrons. The van der Waals surface area contributed by atoms with Gasteiger partial charge >= 0.3 is 5.97 Å². The molecule has 0 spiro atoms. The van der Waals surface area contributed by atoms with Gasteiger partial charge in [0.05, 0.1) is 25.5 Å². The third-order valence-electron chi connectivity index (χ3n) is 5.91. The zero-order valence-electron chi connectivity index (χ0n) is 19.4. The first kappa shape index (κ1) is 24.8. The zero-order chi connectivity index (χ0) is 25.0. The van der Waals surface area contributed by atoms with Crippen LogP contribution in [-0.4, -0.2) is 51.8 Å². The van der Waals surface area contributed by atoms with Crippen molar-refractivity contribution in [3.05, 3.63) is 59.0 Å². The lowest BCUT2D eigenvalue weighted by Gasteiger charge is -2.32. The minimum atomic E-state index is -3.98. The van der Waals surface area contributed by atoms with Crippen LogP contribution in [0.15, 0.2) is 52.9 Å². The maximum atomic E-state index is 13.0. The Balaban J connectivity index is 1.45. The maximum Gasteiger partial charge on any atom is 0.335 e. The van der Waals surface area contributed by atoms with Crippen molar-refractivity contribution in [3.8, 4) is 11.5 Å².